The Morgan fingerprint density at radius 2 is 1.93 bits per heavy atom. The van der Waals surface area contributed by atoms with E-state index in [1.165, 1.54) is 4.31 Å². The van der Waals surface area contributed by atoms with Crippen molar-refractivity contribution in [1.29, 1.82) is 0 Å². The lowest BCUT2D eigenvalue weighted by atomic mass is 10.0. The van der Waals surface area contributed by atoms with Crippen LogP contribution in [-0.4, -0.2) is 42.3 Å². The van der Waals surface area contributed by atoms with Crippen LogP contribution < -0.4 is 9.46 Å². The van der Waals surface area contributed by atoms with Crippen LogP contribution in [0.5, 0.6) is 5.75 Å². The Bertz CT molecular complexity index is 1200. The first-order valence-electron chi connectivity index (χ1n) is 9.47. The van der Waals surface area contributed by atoms with Crippen molar-refractivity contribution in [3.8, 4) is 17.1 Å². The van der Waals surface area contributed by atoms with E-state index in [1.54, 1.807) is 26.2 Å². The van der Waals surface area contributed by atoms with Gasteiger partial charge in [-0.2, -0.15) is 12.7 Å². The van der Waals surface area contributed by atoms with Crippen LogP contribution in [0.15, 0.2) is 48.5 Å². The van der Waals surface area contributed by atoms with Gasteiger partial charge in [-0.25, -0.2) is 9.71 Å². The summed E-state index contributed by atoms with van der Waals surface area (Å²) in [6, 6.07) is 14.9. The zero-order valence-electron chi connectivity index (χ0n) is 16.7. The van der Waals surface area contributed by atoms with Gasteiger partial charge in [-0.15, -0.1) is 0 Å². The average Bonchev–Trinajstić information content (AvgIpc) is 3.15. The first kappa shape index (κ1) is 20.1. The number of H-pyrrole nitrogens is 1. The van der Waals surface area contributed by atoms with Crippen LogP contribution in [0.25, 0.3) is 11.4 Å². The first-order chi connectivity index (χ1) is 14.4. The molecule has 2 N–H and O–H groups in total. The van der Waals surface area contributed by atoms with Gasteiger partial charge in [0.1, 0.15) is 11.6 Å². The minimum atomic E-state index is -4.00. The number of benzene rings is 2. The number of aromatic amines is 1. The number of ether oxygens (including phenoxy) is 1. The van der Waals surface area contributed by atoms with Crippen molar-refractivity contribution in [2.24, 2.45) is 0 Å². The summed E-state index contributed by atoms with van der Waals surface area (Å²) in [5, 5.41) is 0. The highest BCUT2D eigenvalue weighted by Crippen LogP contribution is 2.23. The van der Waals surface area contributed by atoms with Gasteiger partial charge in [0, 0.05) is 24.3 Å². The predicted octanol–water partition coefficient (Wildman–Crippen LogP) is 2.43. The van der Waals surface area contributed by atoms with Gasteiger partial charge in [0.15, 0.2) is 5.69 Å². The molecule has 0 fully saturated rings. The quantitative estimate of drug-likeness (QED) is 0.652. The molecule has 30 heavy (non-hydrogen) atoms. The number of fused-ring (bicyclic) bond motifs is 1. The number of aryl methyl sites for hydroxylation is 1. The van der Waals surface area contributed by atoms with Crippen molar-refractivity contribution in [2.75, 3.05) is 13.7 Å². The second-order valence-corrected chi connectivity index (χ2v) is 8.75. The maximum absolute atomic E-state index is 12.8. The number of carbonyl (C=O) groups is 1. The molecule has 1 aliphatic heterocycles. The van der Waals surface area contributed by atoms with E-state index in [-0.39, 0.29) is 12.2 Å². The van der Waals surface area contributed by atoms with Crippen molar-refractivity contribution in [2.45, 2.75) is 19.9 Å². The third kappa shape index (κ3) is 3.94. The van der Waals surface area contributed by atoms with Crippen molar-refractivity contribution in [3.63, 3.8) is 0 Å². The van der Waals surface area contributed by atoms with Crippen molar-refractivity contribution in [1.82, 2.24) is 19.0 Å². The van der Waals surface area contributed by atoms with Gasteiger partial charge in [-0.3, -0.25) is 4.79 Å². The summed E-state index contributed by atoms with van der Waals surface area (Å²) in [6.45, 7) is 2.22. The van der Waals surface area contributed by atoms with Crippen LogP contribution in [-0.2, 0) is 23.2 Å². The number of methoxy groups -OCH3 is 1. The van der Waals surface area contributed by atoms with Crippen molar-refractivity contribution in [3.05, 3.63) is 71.0 Å². The molecule has 3 aromatic rings. The Hall–Kier alpha value is -3.17. The molecular weight excluding hydrogens is 404 g/mol. The molecule has 0 bridgehead atoms. The maximum atomic E-state index is 12.8. The van der Waals surface area contributed by atoms with Crippen LogP contribution >= 0.6 is 0 Å². The number of hydrogen-bond acceptors (Lipinski definition) is 5. The van der Waals surface area contributed by atoms with E-state index < -0.39 is 16.1 Å². The molecule has 4 rings (SSSR count). The number of nitrogens with zero attached hydrogens (tertiary/aromatic N) is 2. The van der Waals surface area contributed by atoms with Crippen LogP contribution in [0.4, 0.5) is 0 Å². The van der Waals surface area contributed by atoms with Gasteiger partial charge < -0.3 is 9.72 Å². The van der Waals surface area contributed by atoms with E-state index >= 15 is 0 Å². The molecule has 0 spiro atoms. The van der Waals surface area contributed by atoms with Gasteiger partial charge in [0.25, 0.3) is 5.91 Å². The molecular formula is C21H22N4O4S. The lowest BCUT2D eigenvalue weighted by molar-refractivity contribution is 0.0974. The number of amides is 1. The molecule has 0 unspecified atom stereocenters. The summed E-state index contributed by atoms with van der Waals surface area (Å²) in [5.41, 5.74) is 3.31. The Kier molecular flexibility index (Phi) is 5.31. The number of carbonyl (C=O) groups excluding carboxylic acids is 1. The smallest absolute Gasteiger partial charge is 0.304 e. The third-order valence-electron chi connectivity index (χ3n) is 5.10. The summed E-state index contributed by atoms with van der Waals surface area (Å²) in [6.07, 6.45) is 0.604. The number of rotatable bonds is 5. The van der Waals surface area contributed by atoms with Gasteiger partial charge in [0.05, 0.1) is 7.11 Å². The number of nitrogens with one attached hydrogen (secondary N) is 2. The largest absolute Gasteiger partial charge is 0.497 e. The number of aromatic nitrogens is 2. The molecule has 0 saturated carbocycles. The fourth-order valence-corrected chi connectivity index (χ4v) is 4.59. The summed E-state index contributed by atoms with van der Waals surface area (Å²) in [4.78, 5) is 20.1. The topological polar surface area (TPSA) is 104 Å². The van der Waals surface area contributed by atoms with E-state index in [9.17, 15) is 13.2 Å². The molecule has 0 saturated heterocycles. The summed E-state index contributed by atoms with van der Waals surface area (Å²) in [7, 11) is -2.43. The molecule has 1 amide bonds. The highest BCUT2D eigenvalue weighted by atomic mass is 32.2. The molecule has 1 aliphatic rings. The Morgan fingerprint density at radius 3 is 2.70 bits per heavy atom. The zero-order valence-corrected chi connectivity index (χ0v) is 17.5. The van der Waals surface area contributed by atoms with E-state index in [0.29, 0.717) is 30.2 Å². The predicted molar refractivity (Wildman–Crippen MR) is 112 cm³/mol. The van der Waals surface area contributed by atoms with Crippen molar-refractivity contribution < 1.29 is 17.9 Å². The maximum Gasteiger partial charge on any atom is 0.304 e. The second kappa shape index (κ2) is 7.92. The van der Waals surface area contributed by atoms with Crippen LogP contribution in [0.2, 0.25) is 0 Å². The highest BCUT2D eigenvalue weighted by molar-refractivity contribution is 7.87. The van der Waals surface area contributed by atoms with Crippen LogP contribution in [0.1, 0.15) is 27.3 Å². The van der Waals surface area contributed by atoms with Gasteiger partial charge in [-0.05, 0) is 36.6 Å². The summed E-state index contributed by atoms with van der Waals surface area (Å²) in [5.74, 6) is 0.345. The molecule has 9 heteroatoms. The number of imidazole rings is 1. The first-order valence-corrected chi connectivity index (χ1v) is 10.9. The minimum Gasteiger partial charge on any atom is -0.497 e. The molecule has 2 heterocycles. The van der Waals surface area contributed by atoms with E-state index in [2.05, 4.69) is 14.7 Å². The van der Waals surface area contributed by atoms with E-state index in [1.807, 2.05) is 36.4 Å². The fraction of sp³-hybridized carbons (Fsp3) is 0.238. The van der Waals surface area contributed by atoms with Gasteiger partial charge >= 0.3 is 10.2 Å². The lowest BCUT2D eigenvalue weighted by Gasteiger charge is -2.27. The Balaban J connectivity index is 1.53. The van der Waals surface area contributed by atoms with Gasteiger partial charge in [0.2, 0.25) is 0 Å². The molecule has 0 atom stereocenters. The summed E-state index contributed by atoms with van der Waals surface area (Å²) >= 11 is 0. The van der Waals surface area contributed by atoms with E-state index in [0.717, 1.165) is 16.7 Å². The molecule has 2 aromatic carbocycles. The zero-order chi connectivity index (χ0) is 21.3. The second-order valence-electron chi connectivity index (χ2n) is 7.08. The average molecular weight is 426 g/mol. The standard InChI is InChI=1S/C21H22N4O4S/c1-14-19(23-20(22-14)16-8-5-9-18(12-16)29-2)21(26)24-30(27,28)25-11-10-15-6-3-4-7-17(15)13-25/h3-9,12H,10-11,13H2,1-2H3,(H,22,23)(H,24,26). The molecule has 156 valence electrons. The normalized spacial score (nSPS) is 14.2. The van der Waals surface area contributed by atoms with Crippen molar-refractivity contribution >= 4 is 16.1 Å². The third-order valence-corrected chi connectivity index (χ3v) is 6.54. The SMILES string of the molecule is COc1cccc(-c2nc(C(=O)NS(=O)(=O)N3CCc4ccccc4C3)c(C)[nH]2)c1. The van der Waals surface area contributed by atoms with Crippen LogP contribution in [0, 0.1) is 6.92 Å². The van der Waals surface area contributed by atoms with Gasteiger partial charge in [-0.1, -0.05) is 36.4 Å². The van der Waals surface area contributed by atoms with Crippen LogP contribution in [0.3, 0.4) is 0 Å². The highest BCUT2D eigenvalue weighted by Gasteiger charge is 2.29. The fourth-order valence-electron chi connectivity index (χ4n) is 3.49. The number of hydrogen-bond donors (Lipinski definition) is 2. The monoisotopic (exact) mass is 426 g/mol. The van der Waals surface area contributed by atoms with E-state index in [4.69, 9.17) is 4.74 Å². The Labute approximate surface area is 175 Å². The lowest BCUT2D eigenvalue weighted by Crippen LogP contribution is -2.45. The molecule has 0 aliphatic carbocycles. The molecule has 0 radical (unpaired) electrons. The molecule has 1 aromatic heterocycles. The molecule has 8 nitrogen and oxygen atoms in total. The Morgan fingerprint density at radius 1 is 1.17 bits per heavy atom. The summed E-state index contributed by atoms with van der Waals surface area (Å²) < 4.78 is 34.2. The minimum absolute atomic E-state index is 0.0359.